The van der Waals surface area contributed by atoms with Gasteiger partial charge in [-0.2, -0.15) is 0 Å². The fourth-order valence-electron chi connectivity index (χ4n) is 1.49. The number of amides is 2. The zero-order valence-corrected chi connectivity index (χ0v) is 10.7. The van der Waals surface area contributed by atoms with E-state index in [0.717, 1.165) is 19.5 Å². The maximum absolute atomic E-state index is 11.6. The first-order valence-electron chi connectivity index (χ1n) is 5.84. The van der Waals surface area contributed by atoms with Crippen LogP contribution in [0.2, 0.25) is 0 Å². The van der Waals surface area contributed by atoms with Gasteiger partial charge in [-0.3, -0.25) is 19.8 Å². The van der Waals surface area contributed by atoms with E-state index < -0.39 is 5.91 Å². The van der Waals surface area contributed by atoms with Gasteiger partial charge in [-0.1, -0.05) is 0 Å². The van der Waals surface area contributed by atoms with E-state index in [1.54, 1.807) is 6.07 Å². The number of carbonyl (C=O) groups excluding carboxylic acids is 2. The highest BCUT2D eigenvalue weighted by Crippen LogP contribution is 1.98. The number of nitrogens with one attached hydrogen (secondary N) is 2. The molecule has 1 heterocycles. The van der Waals surface area contributed by atoms with Gasteiger partial charge < -0.3 is 9.73 Å². The molecule has 6 heteroatoms. The maximum Gasteiger partial charge on any atom is 0.293 e. The van der Waals surface area contributed by atoms with Crippen LogP contribution in [0, 0.1) is 0 Å². The Kier molecular flexibility index (Phi) is 6.10. The molecule has 18 heavy (non-hydrogen) atoms. The van der Waals surface area contributed by atoms with Gasteiger partial charge in [-0.25, -0.2) is 0 Å². The summed E-state index contributed by atoms with van der Waals surface area (Å²) in [4.78, 5) is 24.9. The van der Waals surface area contributed by atoms with Crippen molar-refractivity contribution in [1.29, 1.82) is 0 Å². The van der Waals surface area contributed by atoms with E-state index in [9.17, 15) is 9.59 Å². The predicted octanol–water partition coefficient (Wildman–Crippen LogP) is 0.0773. The Morgan fingerprint density at radius 2 is 2.22 bits per heavy atom. The summed E-state index contributed by atoms with van der Waals surface area (Å²) in [6, 6.07) is 3.11. The summed E-state index contributed by atoms with van der Waals surface area (Å²) < 4.78 is 4.89. The lowest BCUT2D eigenvalue weighted by Crippen LogP contribution is -2.39. The van der Waals surface area contributed by atoms with Crippen LogP contribution in [0.3, 0.4) is 0 Å². The molecule has 2 amide bonds. The summed E-state index contributed by atoms with van der Waals surface area (Å²) in [6.45, 7) is 1.89. The van der Waals surface area contributed by atoms with E-state index in [0.29, 0.717) is 0 Å². The molecule has 1 aromatic heterocycles. The minimum atomic E-state index is -0.506. The smallest absolute Gasteiger partial charge is 0.293 e. The van der Waals surface area contributed by atoms with Crippen LogP contribution in [-0.2, 0) is 4.79 Å². The van der Waals surface area contributed by atoms with Gasteiger partial charge in [0.25, 0.3) is 5.91 Å². The van der Waals surface area contributed by atoms with Gasteiger partial charge in [-0.15, -0.1) is 0 Å². The van der Waals surface area contributed by atoms with Gasteiger partial charge in [0.15, 0.2) is 5.76 Å². The molecule has 1 rings (SSSR count). The molecular weight excluding hydrogens is 234 g/mol. The van der Waals surface area contributed by atoms with Crippen molar-refractivity contribution >= 4 is 11.8 Å². The largest absolute Gasteiger partial charge is 0.459 e. The Hall–Kier alpha value is -1.66. The van der Waals surface area contributed by atoms with Crippen LogP contribution in [0.4, 0.5) is 0 Å². The van der Waals surface area contributed by atoms with E-state index in [1.807, 2.05) is 19.0 Å². The highest BCUT2D eigenvalue weighted by Gasteiger charge is 2.13. The van der Waals surface area contributed by atoms with Gasteiger partial charge in [-0.05, 0) is 45.7 Å². The normalized spacial score (nSPS) is 10.6. The number of furan rings is 1. The summed E-state index contributed by atoms with van der Waals surface area (Å²) in [5, 5.41) is 5.31. The molecule has 0 unspecified atom stereocenters. The molecule has 0 aliphatic rings. The number of likely N-dealkylation sites (N-methyl/N-ethyl adjacent to an activating group) is 1. The quantitative estimate of drug-likeness (QED) is 0.673. The topological polar surface area (TPSA) is 74.6 Å². The number of imide groups is 1. The first kappa shape index (κ1) is 14.4. The SMILES string of the molecule is CNCCCN(C)CC(=O)NC(=O)c1ccco1. The molecule has 0 saturated carbocycles. The summed E-state index contributed by atoms with van der Waals surface area (Å²) in [5.41, 5.74) is 0. The highest BCUT2D eigenvalue weighted by molar-refractivity contribution is 6.03. The Morgan fingerprint density at radius 3 is 2.83 bits per heavy atom. The molecule has 0 aromatic carbocycles. The molecule has 0 atom stereocenters. The van der Waals surface area contributed by atoms with Crippen molar-refractivity contribution in [3.05, 3.63) is 24.2 Å². The third kappa shape index (κ3) is 5.11. The minimum Gasteiger partial charge on any atom is -0.459 e. The Labute approximate surface area is 106 Å². The summed E-state index contributed by atoms with van der Waals surface area (Å²) in [6.07, 6.45) is 2.34. The lowest BCUT2D eigenvalue weighted by Gasteiger charge is -2.15. The van der Waals surface area contributed by atoms with Crippen molar-refractivity contribution in [2.45, 2.75) is 6.42 Å². The average molecular weight is 253 g/mol. The molecule has 0 aliphatic carbocycles. The fourth-order valence-corrected chi connectivity index (χ4v) is 1.49. The third-order valence-electron chi connectivity index (χ3n) is 2.38. The van der Waals surface area contributed by atoms with Gasteiger partial charge >= 0.3 is 0 Å². The van der Waals surface area contributed by atoms with Gasteiger partial charge in [0.05, 0.1) is 12.8 Å². The van der Waals surface area contributed by atoms with Crippen molar-refractivity contribution in [3.63, 3.8) is 0 Å². The van der Waals surface area contributed by atoms with Crippen molar-refractivity contribution in [2.24, 2.45) is 0 Å². The number of hydrogen-bond donors (Lipinski definition) is 2. The average Bonchev–Trinajstić information content (AvgIpc) is 2.82. The van der Waals surface area contributed by atoms with Crippen LogP contribution in [0.15, 0.2) is 22.8 Å². The molecule has 2 N–H and O–H groups in total. The second-order valence-electron chi connectivity index (χ2n) is 4.05. The van der Waals surface area contributed by atoms with Crippen LogP contribution in [0.1, 0.15) is 17.0 Å². The van der Waals surface area contributed by atoms with Crippen LogP contribution in [-0.4, -0.2) is 50.4 Å². The molecule has 0 fully saturated rings. The van der Waals surface area contributed by atoms with E-state index in [-0.39, 0.29) is 18.2 Å². The predicted molar refractivity (Wildman–Crippen MR) is 67.2 cm³/mol. The van der Waals surface area contributed by atoms with Gasteiger partial charge in [0.2, 0.25) is 5.91 Å². The van der Waals surface area contributed by atoms with E-state index in [1.165, 1.54) is 12.3 Å². The lowest BCUT2D eigenvalue weighted by molar-refractivity contribution is -0.121. The van der Waals surface area contributed by atoms with Crippen molar-refractivity contribution in [1.82, 2.24) is 15.5 Å². The summed E-state index contributed by atoms with van der Waals surface area (Å²) in [7, 11) is 3.72. The summed E-state index contributed by atoms with van der Waals surface area (Å²) >= 11 is 0. The van der Waals surface area contributed by atoms with E-state index >= 15 is 0 Å². The number of carbonyl (C=O) groups is 2. The summed E-state index contributed by atoms with van der Waals surface area (Å²) in [5.74, 6) is -0.696. The van der Waals surface area contributed by atoms with Crippen LogP contribution in [0.5, 0.6) is 0 Å². The van der Waals surface area contributed by atoms with E-state index in [4.69, 9.17) is 4.42 Å². The standard InChI is InChI=1S/C12H19N3O3/c1-13-6-4-7-15(2)9-11(16)14-12(17)10-5-3-8-18-10/h3,5,8,13H,4,6-7,9H2,1-2H3,(H,14,16,17). The minimum absolute atomic E-state index is 0.140. The first-order valence-corrected chi connectivity index (χ1v) is 5.84. The van der Waals surface area contributed by atoms with Crippen molar-refractivity contribution in [3.8, 4) is 0 Å². The molecule has 0 spiro atoms. The van der Waals surface area contributed by atoms with Crippen LogP contribution in [0.25, 0.3) is 0 Å². The first-order chi connectivity index (χ1) is 8.63. The Bertz CT molecular complexity index is 376. The Balaban J connectivity index is 2.26. The van der Waals surface area contributed by atoms with Crippen LogP contribution < -0.4 is 10.6 Å². The number of rotatable bonds is 7. The highest BCUT2D eigenvalue weighted by atomic mass is 16.3. The second kappa shape index (κ2) is 7.62. The lowest BCUT2D eigenvalue weighted by atomic mass is 10.3. The Morgan fingerprint density at radius 1 is 1.44 bits per heavy atom. The number of hydrogen-bond acceptors (Lipinski definition) is 5. The van der Waals surface area contributed by atoms with Gasteiger partial charge in [0, 0.05) is 0 Å². The third-order valence-corrected chi connectivity index (χ3v) is 2.38. The molecule has 100 valence electrons. The second-order valence-corrected chi connectivity index (χ2v) is 4.05. The maximum atomic E-state index is 11.6. The molecule has 0 bridgehead atoms. The molecule has 6 nitrogen and oxygen atoms in total. The number of nitrogens with zero attached hydrogens (tertiary/aromatic N) is 1. The zero-order chi connectivity index (χ0) is 13.4. The molecule has 0 saturated heterocycles. The molecule has 1 aromatic rings. The molecule has 0 radical (unpaired) electrons. The van der Waals surface area contributed by atoms with E-state index in [2.05, 4.69) is 10.6 Å². The monoisotopic (exact) mass is 253 g/mol. The van der Waals surface area contributed by atoms with Gasteiger partial charge in [0.1, 0.15) is 0 Å². The molecular formula is C12H19N3O3. The zero-order valence-electron chi connectivity index (χ0n) is 10.7. The van der Waals surface area contributed by atoms with Crippen LogP contribution >= 0.6 is 0 Å². The van der Waals surface area contributed by atoms with Crippen molar-refractivity contribution < 1.29 is 14.0 Å². The molecule has 0 aliphatic heterocycles. The van der Waals surface area contributed by atoms with Crippen molar-refractivity contribution in [2.75, 3.05) is 33.7 Å². The fraction of sp³-hybridized carbons (Fsp3) is 0.500.